The lowest BCUT2D eigenvalue weighted by Gasteiger charge is -2.35. The van der Waals surface area contributed by atoms with Crippen LogP contribution < -0.4 is 0 Å². The molecule has 2 fully saturated rings. The average molecular weight is 544 g/mol. The van der Waals surface area contributed by atoms with Crippen molar-refractivity contribution in [1.29, 1.82) is 0 Å². The second-order valence-corrected chi connectivity index (χ2v) is 13.1. The molecule has 7 atom stereocenters. The minimum absolute atomic E-state index is 0.0715. The minimum Gasteiger partial charge on any atom is -0.457 e. The Labute approximate surface area is 229 Å². The van der Waals surface area contributed by atoms with Crippen molar-refractivity contribution in [3.63, 3.8) is 0 Å². The molecule has 0 amide bonds. The molecule has 2 saturated heterocycles. The highest BCUT2D eigenvalue weighted by Gasteiger charge is 2.53. The predicted octanol–water partition coefficient (Wildman–Crippen LogP) is 5.46. The van der Waals surface area contributed by atoms with Gasteiger partial charge in [0, 0.05) is 12.3 Å². The van der Waals surface area contributed by atoms with E-state index in [1.54, 1.807) is 31.3 Å². The number of thiazole rings is 1. The minimum atomic E-state index is -1.27. The number of benzene rings is 1. The molecule has 2 aliphatic rings. The number of aromatic nitrogens is 1. The number of carbonyl (C=O) groups is 2. The van der Waals surface area contributed by atoms with Crippen LogP contribution in [0.1, 0.15) is 82.9 Å². The number of aliphatic hydroxyl groups is 2. The Balaban J connectivity index is 1.63. The SMILES string of the molecule is C=CC[C@@H]1C(=O)C(C)(C)[C@H](O)CC(=O)O[C@H](c2ccc3sc(C)nc3c2)C[C@@H]2O[C@@]2(C)CCC[C@H](C)[C@H]1O. The molecule has 3 heterocycles. The molecule has 38 heavy (non-hydrogen) atoms. The largest absolute Gasteiger partial charge is 0.457 e. The Morgan fingerprint density at radius 2 is 1.97 bits per heavy atom. The number of esters is 1. The quantitative estimate of drug-likeness (QED) is 0.301. The van der Waals surface area contributed by atoms with Crippen molar-refractivity contribution in [2.75, 3.05) is 0 Å². The molecular formula is C30H41NO6S. The molecule has 7 nitrogen and oxygen atoms in total. The smallest absolute Gasteiger partial charge is 0.309 e. The molecule has 8 heteroatoms. The van der Waals surface area contributed by atoms with E-state index in [0.29, 0.717) is 12.8 Å². The maximum atomic E-state index is 13.6. The Morgan fingerprint density at radius 1 is 1.24 bits per heavy atom. The van der Waals surface area contributed by atoms with Crippen molar-refractivity contribution in [1.82, 2.24) is 4.98 Å². The van der Waals surface area contributed by atoms with Crippen LogP contribution in [0.25, 0.3) is 10.2 Å². The Morgan fingerprint density at radius 3 is 2.68 bits per heavy atom. The predicted molar refractivity (Wildman–Crippen MR) is 148 cm³/mol. The van der Waals surface area contributed by atoms with Gasteiger partial charge >= 0.3 is 5.97 Å². The zero-order chi connectivity index (χ0) is 27.8. The number of cyclic esters (lactones) is 1. The van der Waals surface area contributed by atoms with E-state index in [0.717, 1.165) is 40.1 Å². The lowest BCUT2D eigenvalue weighted by atomic mass is 9.71. The van der Waals surface area contributed by atoms with E-state index in [4.69, 9.17) is 9.47 Å². The van der Waals surface area contributed by atoms with E-state index in [2.05, 4.69) is 18.5 Å². The molecule has 2 aromatic rings. The maximum absolute atomic E-state index is 13.6. The molecule has 208 valence electrons. The highest BCUT2D eigenvalue weighted by molar-refractivity contribution is 7.18. The third-order valence-corrected chi connectivity index (χ3v) is 9.49. The first-order valence-electron chi connectivity index (χ1n) is 13.6. The summed E-state index contributed by atoms with van der Waals surface area (Å²) in [6, 6.07) is 5.92. The van der Waals surface area contributed by atoms with Crippen LogP contribution in [0.15, 0.2) is 30.9 Å². The van der Waals surface area contributed by atoms with Crippen LogP contribution in [0.5, 0.6) is 0 Å². The number of allylic oxidation sites excluding steroid dienone is 1. The Bertz CT molecular complexity index is 1190. The van der Waals surface area contributed by atoms with E-state index >= 15 is 0 Å². The van der Waals surface area contributed by atoms with Crippen LogP contribution in [-0.4, -0.2) is 50.9 Å². The number of hydrogen-bond donors (Lipinski definition) is 2. The number of aliphatic hydroxyl groups excluding tert-OH is 2. The molecule has 1 aromatic carbocycles. The molecular weight excluding hydrogens is 502 g/mol. The second kappa shape index (κ2) is 11.2. The van der Waals surface area contributed by atoms with E-state index in [1.807, 2.05) is 32.0 Å². The summed E-state index contributed by atoms with van der Waals surface area (Å²) >= 11 is 1.61. The number of aryl methyl sites for hydroxylation is 1. The highest BCUT2D eigenvalue weighted by atomic mass is 32.1. The van der Waals surface area contributed by atoms with E-state index in [1.165, 1.54) is 0 Å². The van der Waals surface area contributed by atoms with Gasteiger partial charge in [0.2, 0.25) is 0 Å². The highest BCUT2D eigenvalue weighted by Crippen LogP contribution is 2.47. The first-order valence-corrected chi connectivity index (χ1v) is 14.4. The van der Waals surface area contributed by atoms with Crippen LogP contribution >= 0.6 is 11.3 Å². The number of epoxide rings is 1. The summed E-state index contributed by atoms with van der Waals surface area (Å²) in [5.74, 6) is -1.68. The monoisotopic (exact) mass is 543 g/mol. The van der Waals surface area contributed by atoms with Gasteiger partial charge in [0.1, 0.15) is 11.9 Å². The van der Waals surface area contributed by atoms with Crippen LogP contribution in [0.2, 0.25) is 0 Å². The van der Waals surface area contributed by atoms with Crippen LogP contribution in [0.4, 0.5) is 0 Å². The van der Waals surface area contributed by atoms with Crippen molar-refractivity contribution in [2.45, 2.75) is 103 Å². The van der Waals surface area contributed by atoms with Gasteiger partial charge in [-0.2, -0.15) is 0 Å². The summed E-state index contributed by atoms with van der Waals surface area (Å²) in [6.45, 7) is 13.0. The van der Waals surface area contributed by atoms with Crippen molar-refractivity contribution < 1.29 is 29.3 Å². The van der Waals surface area contributed by atoms with Crippen molar-refractivity contribution in [3.8, 4) is 0 Å². The number of carbonyl (C=O) groups excluding carboxylic acids is 2. The molecule has 0 bridgehead atoms. The summed E-state index contributed by atoms with van der Waals surface area (Å²) in [6.07, 6.45) is 1.71. The van der Waals surface area contributed by atoms with Gasteiger partial charge in [-0.25, -0.2) is 4.98 Å². The Kier molecular flexibility index (Phi) is 8.48. The Hall–Kier alpha value is -2.13. The van der Waals surface area contributed by atoms with Gasteiger partial charge in [0.25, 0.3) is 0 Å². The molecule has 0 unspecified atom stereocenters. The zero-order valence-corrected chi connectivity index (χ0v) is 23.9. The zero-order valence-electron chi connectivity index (χ0n) is 23.1. The first-order chi connectivity index (χ1) is 17.9. The lowest BCUT2D eigenvalue weighted by molar-refractivity contribution is -0.156. The third-order valence-electron chi connectivity index (χ3n) is 8.54. The molecule has 2 N–H and O–H groups in total. The van der Waals surface area contributed by atoms with Crippen LogP contribution in [0.3, 0.4) is 0 Å². The fourth-order valence-corrected chi connectivity index (χ4v) is 6.51. The van der Waals surface area contributed by atoms with Gasteiger partial charge < -0.3 is 19.7 Å². The summed E-state index contributed by atoms with van der Waals surface area (Å²) in [5, 5.41) is 23.2. The fourth-order valence-electron chi connectivity index (χ4n) is 5.70. The van der Waals surface area contributed by atoms with Crippen molar-refractivity contribution in [2.24, 2.45) is 17.3 Å². The number of ketones is 1. The average Bonchev–Trinajstić information content (AvgIpc) is 3.32. The lowest BCUT2D eigenvalue weighted by Crippen LogP contribution is -2.46. The molecule has 4 rings (SSSR count). The third kappa shape index (κ3) is 6.03. The number of hydrogen-bond acceptors (Lipinski definition) is 8. The standard InChI is InChI=1S/C30H41NO6S/c1-7-9-20-27(34)17(2)10-8-13-30(6)25(37-30)15-22(19-11-12-23-21(14-19)31-18(3)38-23)36-26(33)16-24(32)29(4,5)28(20)35/h7,11-12,14,17,20,22,24-25,27,32,34H,1,8-10,13,15-16H2,2-6H3/t17-,20-,22-,24+,25-,27+,30-/m0/s1. The van der Waals surface area contributed by atoms with E-state index in [9.17, 15) is 19.8 Å². The number of Topliss-reactive ketones (excluding diaryl/α,β-unsaturated/α-hetero) is 1. The van der Waals surface area contributed by atoms with Gasteiger partial charge in [-0.3, -0.25) is 9.59 Å². The van der Waals surface area contributed by atoms with Gasteiger partial charge in [0.05, 0.1) is 51.0 Å². The fraction of sp³-hybridized carbons (Fsp3) is 0.633. The molecule has 1 aromatic heterocycles. The van der Waals surface area contributed by atoms with Gasteiger partial charge in [-0.15, -0.1) is 17.9 Å². The summed E-state index contributed by atoms with van der Waals surface area (Å²) < 4.78 is 13.2. The number of nitrogens with zero attached hydrogens (tertiary/aromatic N) is 1. The van der Waals surface area contributed by atoms with Crippen molar-refractivity contribution >= 4 is 33.3 Å². The normalized spacial score (nSPS) is 34.9. The maximum Gasteiger partial charge on any atom is 0.309 e. The molecule has 0 saturated carbocycles. The number of ether oxygens (including phenoxy) is 2. The van der Waals surface area contributed by atoms with E-state index in [-0.39, 0.29) is 29.8 Å². The topological polar surface area (TPSA) is 109 Å². The molecule has 0 aliphatic carbocycles. The van der Waals surface area contributed by atoms with Crippen LogP contribution in [-0.2, 0) is 19.1 Å². The number of rotatable bonds is 3. The first kappa shape index (κ1) is 28.9. The van der Waals surface area contributed by atoms with E-state index < -0.39 is 35.6 Å². The summed E-state index contributed by atoms with van der Waals surface area (Å²) in [5.41, 5.74) is 0.115. The van der Waals surface area contributed by atoms with Gasteiger partial charge in [-0.05, 0) is 56.7 Å². The second-order valence-electron chi connectivity index (χ2n) is 11.9. The van der Waals surface area contributed by atoms with Crippen molar-refractivity contribution in [3.05, 3.63) is 41.4 Å². The summed E-state index contributed by atoms with van der Waals surface area (Å²) in [7, 11) is 0. The van der Waals surface area contributed by atoms with Gasteiger partial charge in [0.15, 0.2) is 0 Å². The summed E-state index contributed by atoms with van der Waals surface area (Å²) in [4.78, 5) is 31.3. The number of fused-ring (bicyclic) bond motifs is 2. The molecule has 0 radical (unpaired) electrons. The van der Waals surface area contributed by atoms with Crippen LogP contribution in [0, 0.1) is 24.2 Å². The van der Waals surface area contributed by atoms with Gasteiger partial charge in [-0.1, -0.05) is 39.3 Å². The molecule has 2 aliphatic heterocycles. The molecule has 0 spiro atoms.